The van der Waals surface area contributed by atoms with Crippen LogP contribution in [-0.2, 0) is 11.8 Å². The van der Waals surface area contributed by atoms with Gasteiger partial charge in [-0.15, -0.1) is 0 Å². The highest BCUT2D eigenvalue weighted by atomic mass is 14.9. The Kier molecular flexibility index (Phi) is 3.95. The molecule has 0 bridgehead atoms. The molecule has 1 aromatic rings. The van der Waals surface area contributed by atoms with Gasteiger partial charge in [-0.05, 0) is 23.3 Å². The van der Waals surface area contributed by atoms with Crippen LogP contribution in [0.3, 0.4) is 0 Å². The Morgan fingerprint density at radius 1 is 1.00 bits per heavy atom. The topological polar surface area (TPSA) is 25.8 Å². The van der Waals surface area contributed by atoms with E-state index in [1.165, 1.54) is 5.56 Å². The molecule has 0 radical (unpaired) electrons. The molecule has 0 saturated carbocycles. The van der Waals surface area contributed by atoms with E-state index in [0.29, 0.717) is 11.3 Å². The Morgan fingerprint density at radius 2 is 1.47 bits per heavy atom. The van der Waals surface area contributed by atoms with E-state index in [9.17, 15) is 0 Å². The van der Waals surface area contributed by atoms with Crippen LogP contribution in [0.2, 0.25) is 0 Å². The summed E-state index contributed by atoms with van der Waals surface area (Å²) >= 11 is 0. The molecule has 1 heterocycles. The Hall–Kier alpha value is -0.920. The van der Waals surface area contributed by atoms with Gasteiger partial charge in [0.05, 0.1) is 0 Å². The van der Waals surface area contributed by atoms with Gasteiger partial charge in [0.1, 0.15) is 5.82 Å². The fraction of sp³-hybridized carbons (Fsp3) is 0.733. The van der Waals surface area contributed by atoms with E-state index in [2.05, 4.69) is 58.4 Å². The molecule has 0 aliphatic rings. The minimum absolute atomic E-state index is 0.0419. The van der Waals surface area contributed by atoms with E-state index in [-0.39, 0.29) is 5.41 Å². The van der Waals surface area contributed by atoms with Crippen LogP contribution in [-0.4, -0.2) is 9.97 Å². The average molecular weight is 234 g/mol. The maximum atomic E-state index is 4.54. The molecule has 0 amide bonds. The van der Waals surface area contributed by atoms with Gasteiger partial charge in [-0.25, -0.2) is 9.97 Å². The SMILES string of the molecule is CC(C)C(C)(C)c1ncc(CC(C)(C)C)cn1. The van der Waals surface area contributed by atoms with E-state index in [0.717, 1.165) is 12.2 Å². The van der Waals surface area contributed by atoms with Gasteiger partial charge in [0, 0.05) is 17.8 Å². The maximum absolute atomic E-state index is 4.54. The molecular formula is C15H26N2. The van der Waals surface area contributed by atoms with Crippen molar-refractivity contribution >= 4 is 0 Å². The molecule has 17 heavy (non-hydrogen) atoms. The first kappa shape index (κ1) is 14.1. The first-order chi connectivity index (χ1) is 7.63. The summed E-state index contributed by atoms with van der Waals surface area (Å²) in [7, 11) is 0. The van der Waals surface area contributed by atoms with Crippen LogP contribution in [0.1, 0.15) is 59.9 Å². The zero-order chi connectivity index (χ0) is 13.3. The van der Waals surface area contributed by atoms with Crippen molar-refractivity contribution in [2.45, 2.75) is 60.3 Å². The summed E-state index contributed by atoms with van der Waals surface area (Å²) in [6, 6.07) is 0. The molecule has 0 atom stereocenters. The van der Waals surface area contributed by atoms with Crippen molar-refractivity contribution in [3.05, 3.63) is 23.8 Å². The lowest BCUT2D eigenvalue weighted by atomic mass is 9.80. The first-order valence-corrected chi connectivity index (χ1v) is 6.44. The third kappa shape index (κ3) is 3.79. The maximum Gasteiger partial charge on any atom is 0.134 e. The minimum Gasteiger partial charge on any atom is -0.241 e. The van der Waals surface area contributed by atoms with Crippen molar-refractivity contribution in [2.24, 2.45) is 11.3 Å². The Balaban J connectivity index is 2.89. The van der Waals surface area contributed by atoms with E-state index in [1.807, 2.05) is 12.4 Å². The second-order valence-corrected chi connectivity index (χ2v) is 7.03. The first-order valence-electron chi connectivity index (χ1n) is 6.44. The van der Waals surface area contributed by atoms with Crippen molar-refractivity contribution in [3.8, 4) is 0 Å². The molecule has 96 valence electrons. The molecule has 0 aliphatic carbocycles. The van der Waals surface area contributed by atoms with Crippen molar-refractivity contribution < 1.29 is 0 Å². The molecule has 1 rings (SSSR count). The van der Waals surface area contributed by atoms with Crippen molar-refractivity contribution in [1.82, 2.24) is 9.97 Å². The monoisotopic (exact) mass is 234 g/mol. The van der Waals surface area contributed by atoms with Crippen LogP contribution in [0.4, 0.5) is 0 Å². The van der Waals surface area contributed by atoms with E-state index in [1.54, 1.807) is 0 Å². The molecular weight excluding hydrogens is 208 g/mol. The predicted octanol–water partition coefficient (Wildman–Crippen LogP) is 4.00. The predicted molar refractivity (Wildman–Crippen MR) is 73.1 cm³/mol. The van der Waals surface area contributed by atoms with E-state index >= 15 is 0 Å². The number of rotatable bonds is 3. The Morgan fingerprint density at radius 3 is 1.82 bits per heavy atom. The lowest BCUT2D eigenvalue weighted by Gasteiger charge is -2.27. The highest BCUT2D eigenvalue weighted by Gasteiger charge is 2.27. The molecule has 2 nitrogen and oxygen atoms in total. The molecule has 0 spiro atoms. The van der Waals surface area contributed by atoms with Gasteiger partial charge in [0.2, 0.25) is 0 Å². The van der Waals surface area contributed by atoms with Gasteiger partial charge in [0.25, 0.3) is 0 Å². The van der Waals surface area contributed by atoms with Gasteiger partial charge in [-0.3, -0.25) is 0 Å². The standard InChI is InChI=1S/C15H26N2/c1-11(2)15(6,7)13-16-9-12(10-17-13)8-14(3,4)5/h9-11H,8H2,1-7H3. The van der Waals surface area contributed by atoms with Crippen LogP contribution in [0.5, 0.6) is 0 Å². The number of hydrogen-bond donors (Lipinski definition) is 0. The van der Waals surface area contributed by atoms with Crippen LogP contribution < -0.4 is 0 Å². The average Bonchev–Trinajstić information content (AvgIpc) is 2.15. The van der Waals surface area contributed by atoms with Crippen LogP contribution >= 0.6 is 0 Å². The van der Waals surface area contributed by atoms with Gasteiger partial charge in [0.15, 0.2) is 0 Å². The summed E-state index contributed by atoms with van der Waals surface area (Å²) in [5.41, 5.74) is 1.56. The fourth-order valence-corrected chi connectivity index (χ4v) is 1.65. The second-order valence-electron chi connectivity index (χ2n) is 7.03. The summed E-state index contributed by atoms with van der Waals surface area (Å²) in [6.45, 7) is 15.5. The van der Waals surface area contributed by atoms with Crippen molar-refractivity contribution in [1.29, 1.82) is 0 Å². The molecule has 0 aliphatic heterocycles. The summed E-state index contributed by atoms with van der Waals surface area (Å²) < 4.78 is 0. The van der Waals surface area contributed by atoms with E-state index in [4.69, 9.17) is 0 Å². The minimum atomic E-state index is 0.0419. The lowest BCUT2D eigenvalue weighted by Crippen LogP contribution is -2.27. The normalized spacial score (nSPS) is 13.2. The number of aromatic nitrogens is 2. The molecule has 0 unspecified atom stereocenters. The summed E-state index contributed by atoms with van der Waals surface area (Å²) in [5, 5.41) is 0. The quantitative estimate of drug-likeness (QED) is 0.790. The van der Waals surface area contributed by atoms with Gasteiger partial charge >= 0.3 is 0 Å². The molecule has 1 aromatic heterocycles. The largest absolute Gasteiger partial charge is 0.241 e. The zero-order valence-electron chi connectivity index (χ0n) is 12.3. The molecule has 0 fully saturated rings. The summed E-state index contributed by atoms with van der Waals surface area (Å²) in [5.74, 6) is 1.49. The van der Waals surface area contributed by atoms with Crippen LogP contribution in [0.15, 0.2) is 12.4 Å². The lowest BCUT2D eigenvalue weighted by molar-refractivity contribution is 0.350. The molecule has 2 heteroatoms. The molecule has 0 N–H and O–H groups in total. The zero-order valence-corrected chi connectivity index (χ0v) is 12.3. The van der Waals surface area contributed by atoms with Crippen molar-refractivity contribution in [2.75, 3.05) is 0 Å². The van der Waals surface area contributed by atoms with E-state index < -0.39 is 0 Å². The van der Waals surface area contributed by atoms with Crippen molar-refractivity contribution in [3.63, 3.8) is 0 Å². The third-order valence-corrected chi connectivity index (χ3v) is 3.46. The summed E-state index contributed by atoms with van der Waals surface area (Å²) in [6.07, 6.45) is 4.99. The smallest absolute Gasteiger partial charge is 0.134 e. The van der Waals surface area contributed by atoms with Gasteiger partial charge < -0.3 is 0 Å². The third-order valence-electron chi connectivity index (χ3n) is 3.46. The van der Waals surface area contributed by atoms with Crippen LogP contribution in [0.25, 0.3) is 0 Å². The van der Waals surface area contributed by atoms with Gasteiger partial charge in [-0.1, -0.05) is 48.5 Å². The fourth-order valence-electron chi connectivity index (χ4n) is 1.65. The Labute approximate surface area is 106 Å². The second kappa shape index (κ2) is 4.75. The van der Waals surface area contributed by atoms with Crippen LogP contribution in [0, 0.1) is 11.3 Å². The summed E-state index contributed by atoms with van der Waals surface area (Å²) in [4.78, 5) is 9.09. The Bertz CT molecular complexity index is 356. The van der Waals surface area contributed by atoms with Gasteiger partial charge in [-0.2, -0.15) is 0 Å². The number of hydrogen-bond acceptors (Lipinski definition) is 2. The molecule has 0 saturated heterocycles. The highest BCUT2D eigenvalue weighted by molar-refractivity contribution is 5.12. The molecule has 0 aromatic carbocycles. The number of nitrogens with zero attached hydrogens (tertiary/aromatic N) is 2. The highest BCUT2D eigenvalue weighted by Crippen LogP contribution is 2.28.